The molecule has 28 heavy (non-hydrogen) atoms. The SMILES string of the molecule is C=CC(=O)N(C)c1cccc2c1C(=O)c1cccc(N(C)C(=O)C=C)c1C2=O. The number of ketones is 2. The molecule has 0 bridgehead atoms. The molecule has 2 amide bonds. The number of amides is 2. The van der Waals surface area contributed by atoms with Crippen LogP contribution >= 0.6 is 0 Å². The second kappa shape index (κ2) is 7.08. The van der Waals surface area contributed by atoms with Crippen LogP contribution in [0.3, 0.4) is 0 Å². The van der Waals surface area contributed by atoms with E-state index in [-0.39, 0.29) is 33.8 Å². The summed E-state index contributed by atoms with van der Waals surface area (Å²) in [6.45, 7) is 6.91. The zero-order chi connectivity index (χ0) is 20.6. The van der Waals surface area contributed by atoms with Crippen LogP contribution < -0.4 is 9.80 Å². The quantitative estimate of drug-likeness (QED) is 0.658. The van der Waals surface area contributed by atoms with Crippen LogP contribution in [0.4, 0.5) is 11.4 Å². The summed E-state index contributed by atoms with van der Waals surface area (Å²) in [7, 11) is 3.03. The minimum absolute atomic E-state index is 0.160. The molecule has 3 rings (SSSR count). The zero-order valence-corrected chi connectivity index (χ0v) is 15.6. The molecule has 0 saturated carbocycles. The second-order valence-corrected chi connectivity index (χ2v) is 6.26. The molecule has 2 aromatic carbocycles. The van der Waals surface area contributed by atoms with E-state index in [0.717, 1.165) is 12.2 Å². The average molecular weight is 374 g/mol. The van der Waals surface area contributed by atoms with Gasteiger partial charge in [-0.1, -0.05) is 37.4 Å². The fourth-order valence-corrected chi connectivity index (χ4v) is 3.28. The number of anilines is 2. The van der Waals surface area contributed by atoms with E-state index in [1.807, 2.05) is 0 Å². The Labute approximate surface area is 162 Å². The maximum atomic E-state index is 13.3. The van der Waals surface area contributed by atoms with Gasteiger partial charge in [-0.2, -0.15) is 0 Å². The molecule has 0 N–H and O–H groups in total. The minimum atomic E-state index is -0.399. The molecule has 0 heterocycles. The highest BCUT2D eigenvalue weighted by molar-refractivity contribution is 6.32. The van der Waals surface area contributed by atoms with Crippen LogP contribution in [0.5, 0.6) is 0 Å². The normalized spacial score (nSPS) is 11.9. The molecular weight excluding hydrogens is 356 g/mol. The summed E-state index contributed by atoms with van der Waals surface area (Å²) in [5.74, 6) is -1.57. The first-order valence-corrected chi connectivity index (χ1v) is 8.49. The van der Waals surface area contributed by atoms with Gasteiger partial charge in [0.25, 0.3) is 0 Å². The van der Waals surface area contributed by atoms with Gasteiger partial charge in [-0.05, 0) is 24.3 Å². The van der Waals surface area contributed by atoms with Crippen molar-refractivity contribution >= 4 is 34.8 Å². The molecule has 140 valence electrons. The summed E-state index contributed by atoms with van der Waals surface area (Å²) >= 11 is 0. The van der Waals surface area contributed by atoms with Crippen molar-refractivity contribution in [2.45, 2.75) is 0 Å². The Hall–Kier alpha value is -3.80. The van der Waals surface area contributed by atoms with E-state index in [1.165, 1.54) is 23.9 Å². The zero-order valence-electron chi connectivity index (χ0n) is 15.6. The predicted octanol–water partition coefficient (Wildman–Crippen LogP) is 2.76. The number of nitrogens with zero attached hydrogens (tertiary/aromatic N) is 2. The van der Waals surface area contributed by atoms with Gasteiger partial charge in [-0.15, -0.1) is 0 Å². The third kappa shape index (κ3) is 2.75. The van der Waals surface area contributed by atoms with Crippen molar-refractivity contribution in [1.29, 1.82) is 0 Å². The highest BCUT2D eigenvalue weighted by Crippen LogP contribution is 2.37. The lowest BCUT2D eigenvalue weighted by atomic mass is 9.82. The summed E-state index contributed by atoms with van der Waals surface area (Å²) in [6.07, 6.45) is 2.27. The number of carbonyl (C=O) groups is 4. The van der Waals surface area contributed by atoms with Gasteiger partial charge in [0.2, 0.25) is 11.8 Å². The van der Waals surface area contributed by atoms with E-state index in [9.17, 15) is 19.2 Å². The molecule has 0 radical (unpaired) electrons. The van der Waals surface area contributed by atoms with Crippen LogP contribution in [0.25, 0.3) is 0 Å². The maximum Gasteiger partial charge on any atom is 0.250 e. The molecule has 0 saturated heterocycles. The summed E-state index contributed by atoms with van der Waals surface area (Å²) in [4.78, 5) is 53.2. The van der Waals surface area contributed by atoms with Gasteiger partial charge in [-0.3, -0.25) is 19.2 Å². The lowest BCUT2D eigenvalue weighted by molar-refractivity contribution is -0.114. The predicted molar refractivity (Wildman–Crippen MR) is 107 cm³/mol. The van der Waals surface area contributed by atoms with Crippen molar-refractivity contribution in [3.63, 3.8) is 0 Å². The van der Waals surface area contributed by atoms with Crippen molar-refractivity contribution in [3.05, 3.63) is 84.0 Å². The van der Waals surface area contributed by atoms with E-state index in [1.54, 1.807) is 36.4 Å². The highest BCUT2D eigenvalue weighted by Gasteiger charge is 2.35. The van der Waals surface area contributed by atoms with Gasteiger partial charge in [0.15, 0.2) is 11.6 Å². The summed E-state index contributed by atoms with van der Waals surface area (Å²) < 4.78 is 0. The molecule has 6 nitrogen and oxygen atoms in total. The Bertz CT molecular complexity index is 983. The number of likely N-dealkylation sites (N-methyl/N-ethyl adjacent to an activating group) is 2. The van der Waals surface area contributed by atoms with Crippen LogP contribution in [0.15, 0.2) is 61.7 Å². The fourth-order valence-electron chi connectivity index (χ4n) is 3.28. The van der Waals surface area contributed by atoms with Gasteiger partial charge in [0.05, 0.1) is 22.5 Å². The number of rotatable bonds is 4. The van der Waals surface area contributed by atoms with Crippen molar-refractivity contribution in [1.82, 2.24) is 0 Å². The minimum Gasteiger partial charge on any atom is -0.311 e. The van der Waals surface area contributed by atoms with Crippen LogP contribution in [0.1, 0.15) is 31.8 Å². The van der Waals surface area contributed by atoms with Crippen LogP contribution in [0.2, 0.25) is 0 Å². The third-order valence-electron chi connectivity index (χ3n) is 4.76. The van der Waals surface area contributed by atoms with E-state index in [4.69, 9.17) is 0 Å². The van der Waals surface area contributed by atoms with E-state index >= 15 is 0 Å². The van der Waals surface area contributed by atoms with E-state index in [0.29, 0.717) is 11.4 Å². The van der Waals surface area contributed by atoms with Gasteiger partial charge < -0.3 is 9.80 Å². The molecule has 0 unspecified atom stereocenters. The number of hydrogen-bond donors (Lipinski definition) is 0. The Morgan fingerprint density at radius 1 is 0.750 bits per heavy atom. The Balaban J connectivity index is 2.24. The molecule has 6 heteroatoms. The molecule has 2 aromatic rings. The largest absolute Gasteiger partial charge is 0.311 e. The molecule has 1 aliphatic carbocycles. The molecular formula is C22H18N2O4. The first-order chi connectivity index (χ1) is 13.3. The lowest BCUT2D eigenvalue weighted by Gasteiger charge is -2.27. The summed E-state index contributed by atoms with van der Waals surface area (Å²) in [5.41, 5.74) is 1.34. The second-order valence-electron chi connectivity index (χ2n) is 6.26. The Kier molecular flexibility index (Phi) is 4.79. The Morgan fingerprint density at radius 3 is 1.43 bits per heavy atom. The van der Waals surface area contributed by atoms with Crippen LogP contribution in [-0.4, -0.2) is 37.5 Å². The highest BCUT2D eigenvalue weighted by atomic mass is 16.2. The lowest BCUT2D eigenvalue weighted by Crippen LogP contribution is -2.31. The number of carbonyl (C=O) groups excluding carboxylic acids is 4. The fraction of sp³-hybridized carbons (Fsp3) is 0.0909. The maximum absolute atomic E-state index is 13.3. The summed E-state index contributed by atoms with van der Waals surface area (Å²) in [5, 5.41) is 0. The number of fused-ring (bicyclic) bond motifs is 2. The number of hydrogen-bond acceptors (Lipinski definition) is 4. The molecule has 0 aromatic heterocycles. The standard InChI is InChI=1S/C22H18N2O4/c1-5-17(25)23(3)15-11-7-9-13-19(15)21(27)14-10-8-12-16(20(14)22(13)28)24(4)18(26)6-2/h5-12H,1-2H2,3-4H3. The van der Waals surface area contributed by atoms with E-state index in [2.05, 4.69) is 13.2 Å². The van der Waals surface area contributed by atoms with Gasteiger partial charge in [0, 0.05) is 25.2 Å². The van der Waals surface area contributed by atoms with Crippen molar-refractivity contribution < 1.29 is 19.2 Å². The molecule has 0 atom stereocenters. The smallest absolute Gasteiger partial charge is 0.250 e. The van der Waals surface area contributed by atoms with Crippen LogP contribution in [-0.2, 0) is 9.59 Å². The average Bonchev–Trinajstić information content (AvgIpc) is 2.74. The molecule has 0 spiro atoms. The van der Waals surface area contributed by atoms with Gasteiger partial charge in [0.1, 0.15) is 0 Å². The first-order valence-electron chi connectivity index (χ1n) is 8.49. The molecule has 0 fully saturated rings. The topological polar surface area (TPSA) is 74.8 Å². The third-order valence-corrected chi connectivity index (χ3v) is 4.76. The summed E-state index contributed by atoms with van der Waals surface area (Å²) in [6, 6.07) is 9.51. The van der Waals surface area contributed by atoms with E-state index < -0.39 is 11.8 Å². The van der Waals surface area contributed by atoms with Crippen molar-refractivity contribution in [3.8, 4) is 0 Å². The molecule has 0 aliphatic heterocycles. The number of benzene rings is 2. The van der Waals surface area contributed by atoms with Crippen molar-refractivity contribution in [2.75, 3.05) is 23.9 Å². The molecule has 1 aliphatic rings. The monoisotopic (exact) mass is 374 g/mol. The Morgan fingerprint density at radius 2 is 1.11 bits per heavy atom. The van der Waals surface area contributed by atoms with Crippen LogP contribution in [0, 0.1) is 0 Å². The van der Waals surface area contributed by atoms with Crippen molar-refractivity contribution in [2.24, 2.45) is 0 Å². The van der Waals surface area contributed by atoms with Gasteiger partial charge in [-0.25, -0.2) is 0 Å². The first kappa shape index (κ1) is 19.0. The van der Waals surface area contributed by atoms with Gasteiger partial charge >= 0.3 is 0 Å².